The molecule has 1 unspecified atom stereocenters. The molecule has 0 amide bonds. The van der Waals surface area contributed by atoms with Gasteiger partial charge in [-0.1, -0.05) is 128 Å². The van der Waals surface area contributed by atoms with Crippen LogP contribution in [0.1, 0.15) is 181 Å². The van der Waals surface area contributed by atoms with Crippen molar-refractivity contribution in [3.8, 4) is 0 Å². The van der Waals surface area contributed by atoms with Gasteiger partial charge in [-0.25, -0.2) is 4.57 Å². The number of esters is 2. The van der Waals surface area contributed by atoms with E-state index in [4.69, 9.17) is 19.1 Å². The Labute approximate surface area is 310 Å². The van der Waals surface area contributed by atoms with E-state index in [0.717, 1.165) is 64.2 Å². The molecule has 0 fully saturated rings. The lowest BCUT2D eigenvalue weighted by Crippen LogP contribution is -2.29. The van der Waals surface area contributed by atoms with Crippen molar-refractivity contribution in [2.75, 3.05) is 26.4 Å². The Morgan fingerprint density at radius 2 is 0.961 bits per heavy atom. The Morgan fingerprint density at radius 3 is 1.45 bits per heavy atom. The predicted molar refractivity (Wildman–Crippen MR) is 205 cm³/mol. The van der Waals surface area contributed by atoms with E-state index in [-0.39, 0.29) is 19.4 Å². The summed E-state index contributed by atoms with van der Waals surface area (Å²) in [5.41, 5.74) is 0. The molecule has 0 saturated heterocycles. The summed E-state index contributed by atoms with van der Waals surface area (Å²) in [7, 11) is -4.62. The Bertz CT molecular complexity index is 910. The maximum Gasteiger partial charge on any atom is 0.472 e. The molecule has 300 valence electrons. The van der Waals surface area contributed by atoms with Crippen molar-refractivity contribution in [1.29, 1.82) is 0 Å². The summed E-state index contributed by atoms with van der Waals surface area (Å²) in [5, 5.41) is 18.3. The minimum absolute atomic E-state index is 0.164. The van der Waals surface area contributed by atoms with Crippen LogP contribution in [0.25, 0.3) is 0 Å². The van der Waals surface area contributed by atoms with E-state index in [1.807, 2.05) is 0 Å². The summed E-state index contributed by atoms with van der Waals surface area (Å²) in [4.78, 5) is 34.9. The summed E-state index contributed by atoms with van der Waals surface area (Å²) in [6.07, 6.45) is 34.3. The number of aliphatic hydroxyl groups excluding tert-OH is 2. The highest BCUT2D eigenvalue weighted by atomic mass is 31.2. The van der Waals surface area contributed by atoms with Crippen LogP contribution >= 0.6 is 7.82 Å². The molecule has 0 rings (SSSR count). The van der Waals surface area contributed by atoms with Gasteiger partial charge in [0.25, 0.3) is 0 Å². The first-order valence-corrected chi connectivity index (χ1v) is 21.8. The van der Waals surface area contributed by atoms with Gasteiger partial charge in [0, 0.05) is 12.8 Å². The fourth-order valence-electron chi connectivity index (χ4n) is 5.39. The summed E-state index contributed by atoms with van der Waals surface area (Å²) >= 11 is 0. The number of unbranched alkanes of at least 4 members (excludes halogenated alkanes) is 20. The second kappa shape index (κ2) is 36.8. The summed E-state index contributed by atoms with van der Waals surface area (Å²) in [6.45, 7) is 2.33. The highest BCUT2D eigenvalue weighted by Gasteiger charge is 2.27. The summed E-state index contributed by atoms with van der Waals surface area (Å²) < 4.78 is 32.6. The molecular weight excluding hydrogens is 671 g/mol. The van der Waals surface area contributed by atoms with Crippen LogP contribution < -0.4 is 0 Å². The molecule has 0 aliphatic rings. The zero-order valence-electron chi connectivity index (χ0n) is 32.3. The minimum Gasteiger partial charge on any atom is -0.462 e. The molecule has 0 heterocycles. The number of hydrogen-bond acceptors (Lipinski definition) is 9. The zero-order valence-corrected chi connectivity index (χ0v) is 33.2. The topological polar surface area (TPSA) is 149 Å². The first-order chi connectivity index (χ1) is 24.7. The Morgan fingerprint density at radius 1 is 0.569 bits per heavy atom. The molecule has 10 nitrogen and oxygen atoms in total. The van der Waals surface area contributed by atoms with Crippen LogP contribution in [0, 0.1) is 0 Å². The molecular formula is C40H75O10P. The maximum atomic E-state index is 12.6. The van der Waals surface area contributed by atoms with E-state index in [0.29, 0.717) is 12.8 Å². The number of allylic oxidation sites excluding steroid dienone is 4. The molecule has 0 aliphatic heterocycles. The maximum absolute atomic E-state index is 12.6. The molecule has 0 bridgehead atoms. The molecule has 0 spiro atoms. The largest absolute Gasteiger partial charge is 0.472 e. The number of carbonyl (C=O) groups excluding carboxylic acids is 2. The zero-order chi connectivity index (χ0) is 37.7. The SMILES string of the molecule is CCCCCC/C=C/CCCCCCCC(=O)OC[C@H](COP(=O)(O)OC[C@@H](O)CO)OC(=O)CCCCC/C=C/CCCCCCCCCC. The van der Waals surface area contributed by atoms with Gasteiger partial charge in [0.05, 0.1) is 19.8 Å². The van der Waals surface area contributed by atoms with Crippen molar-refractivity contribution in [2.24, 2.45) is 0 Å². The summed E-state index contributed by atoms with van der Waals surface area (Å²) in [5.74, 6) is -0.951. The van der Waals surface area contributed by atoms with Crippen LogP contribution in [-0.2, 0) is 32.7 Å². The fraction of sp³-hybridized carbons (Fsp3) is 0.850. The van der Waals surface area contributed by atoms with Crippen LogP contribution in [0.2, 0.25) is 0 Å². The van der Waals surface area contributed by atoms with Crippen LogP contribution in [0.4, 0.5) is 0 Å². The van der Waals surface area contributed by atoms with Gasteiger partial charge in [-0.2, -0.15) is 0 Å². The third-order valence-electron chi connectivity index (χ3n) is 8.58. The van der Waals surface area contributed by atoms with Gasteiger partial charge < -0.3 is 24.6 Å². The second-order valence-corrected chi connectivity index (χ2v) is 15.1. The number of phosphoric acid groups is 1. The lowest BCUT2D eigenvalue weighted by Gasteiger charge is -2.20. The average Bonchev–Trinajstić information content (AvgIpc) is 3.12. The Hall–Kier alpha value is -1.55. The molecule has 3 atom stereocenters. The third kappa shape index (κ3) is 36.6. The van der Waals surface area contributed by atoms with E-state index in [9.17, 15) is 24.2 Å². The minimum atomic E-state index is -4.62. The second-order valence-electron chi connectivity index (χ2n) is 13.7. The molecule has 0 aromatic heterocycles. The molecule has 11 heteroatoms. The van der Waals surface area contributed by atoms with Gasteiger partial charge in [-0.05, 0) is 64.2 Å². The first kappa shape index (κ1) is 49.5. The van der Waals surface area contributed by atoms with Gasteiger partial charge in [-0.15, -0.1) is 0 Å². The quantitative estimate of drug-likeness (QED) is 0.0241. The molecule has 0 saturated carbocycles. The molecule has 3 N–H and O–H groups in total. The summed E-state index contributed by atoms with van der Waals surface area (Å²) in [6, 6.07) is 0. The van der Waals surface area contributed by atoms with Crippen molar-refractivity contribution in [1.82, 2.24) is 0 Å². The van der Waals surface area contributed by atoms with Crippen molar-refractivity contribution in [3.05, 3.63) is 24.3 Å². The number of carbonyl (C=O) groups is 2. The number of aliphatic hydroxyl groups is 2. The van der Waals surface area contributed by atoms with Crippen molar-refractivity contribution >= 4 is 19.8 Å². The molecule has 51 heavy (non-hydrogen) atoms. The van der Waals surface area contributed by atoms with Crippen LogP contribution in [-0.4, -0.2) is 65.7 Å². The normalized spacial score (nSPS) is 14.2. The highest BCUT2D eigenvalue weighted by molar-refractivity contribution is 7.47. The number of rotatable bonds is 38. The van der Waals surface area contributed by atoms with Gasteiger partial charge in [-0.3, -0.25) is 18.6 Å². The molecule has 0 aliphatic carbocycles. The average molecular weight is 747 g/mol. The van der Waals surface area contributed by atoms with Gasteiger partial charge >= 0.3 is 19.8 Å². The van der Waals surface area contributed by atoms with Crippen molar-refractivity contribution in [3.63, 3.8) is 0 Å². The van der Waals surface area contributed by atoms with Gasteiger partial charge in [0.15, 0.2) is 6.10 Å². The van der Waals surface area contributed by atoms with E-state index in [1.54, 1.807) is 0 Å². The van der Waals surface area contributed by atoms with E-state index < -0.39 is 51.8 Å². The van der Waals surface area contributed by atoms with E-state index >= 15 is 0 Å². The lowest BCUT2D eigenvalue weighted by atomic mass is 10.1. The Balaban J connectivity index is 4.37. The van der Waals surface area contributed by atoms with E-state index in [1.165, 1.54) is 77.0 Å². The number of phosphoric ester groups is 1. The van der Waals surface area contributed by atoms with E-state index in [2.05, 4.69) is 42.7 Å². The Kier molecular flexibility index (Phi) is 35.7. The molecule has 0 radical (unpaired) electrons. The predicted octanol–water partition coefficient (Wildman–Crippen LogP) is 10.2. The fourth-order valence-corrected chi connectivity index (χ4v) is 6.18. The molecule has 0 aromatic carbocycles. The van der Waals surface area contributed by atoms with Crippen LogP contribution in [0.15, 0.2) is 24.3 Å². The lowest BCUT2D eigenvalue weighted by molar-refractivity contribution is -0.161. The number of hydrogen-bond donors (Lipinski definition) is 3. The van der Waals surface area contributed by atoms with Gasteiger partial charge in [0.1, 0.15) is 12.7 Å². The van der Waals surface area contributed by atoms with Crippen molar-refractivity contribution < 1.29 is 47.8 Å². The first-order valence-electron chi connectivity index (χ1n) is 20.3. The standard InChI is InChI=1S/C40H75O10P/c1-3-5-7-9-11-13-15-17-18-20-22-24-26-28-30-32-40(44)50-38(36-49-51(45,46)48-34-37(42)33-41)35-47-39(43)31-29-27-25-23-21-19-16-14-12-10-8-6-4-2/h14,16,20,22,37-38,41-42H,3-13,15,17-19,21,23-36H2,1-2H3,(H,45,46)/b16-14+,22-20+/t37-,38+/m0/s1. The smallest absolute Gasteiger partial charge is 0.462 e. The monoisotopic (exact) mass is 747 g/mol. The van der Waals surface area contributed by atoms with Crippen LogP contribution in [0.5, 0.6) is 0 Å². The van der Waals surface area contributed by atoms with Gasteiger partial charge in [0.2, 0.25) is 0 Å². The third-order valence-corrected chi connectivity index (χ3v) is 9.53. The van der Waals surface area contributed by atoms with Crippen LogP contribution in [0.3, 0.4) is 0 Å². The van der Waals surface area contributed by atoms with Crippen molar-refractivity contribution in [2.45, 2.75) is 193 Å². The molecule has 0 aromatic rings. The highest BCUT2D eigenvalue weighted by Crippen LogP contribution is 2.43. The number of ether oxygens (including phenoxy) is 2.